The summed E-state index contributed by atoms with van der Waals surface area (Å²) in [6.45, 7) is 6.82. The topological polar surface area (TPSA) is 0 Å². The molecule has 0 nitrogen and oxygen atoms in total. The maximum Gasteiger partial charge on any atom is -0.00576 e. The SMILES string of the molecule is CCCC1=Cc2c(ccc(CCC)c2-c2ccccc2CC)C1. The fourth-order valence-corrected chi connectivity index (χ4v) is 3.88. The van der Waals surface area contributed by atoms with E-state index in [-0.39, 0.29) is 0 Å². The molecule has 0 saturated carbocycles. The molecule has 0 radical (unpaired) electrons. The minimum absolute atomic E-state index is 1.09. The molecule has 0 N–H and O–H groups in total. The summed E-state index contributed by atoms with van der Waals surface area (Å²) in [5.41, 5.74) is 10.6. The molecule has 0 heterocycles. The molecule has 0 unspecified atom stereocenters. The van der Waals surface area contributed by atoms with Crippen LogP contribution >= 0.6 is 0 Å². The highest BCUT2D eigenvalue weighted by molar-refractivity contribution is 5.84. The molecule has 0 heteroatoms. The molecule has 0 spiro atoms. The lowest BCUT2D eigenvalue weighted by Crippen LogP contribution is -1.98. The smallest absolute Gasteiger partial charge is 0.00576 e. The first-order valence-corrected chi connectivity index (χ1v) is 9.20. The first kappa shape index (κ1) is 16.1. The van der Waals surface area contributed by atoms with Crippen LogP contribution in [0.5, 0.6) is 0 Å². The van der Waals surface area contributed by atoms with Crippen molar-refractivity contribution in [3.8, 4) is 11.1 Å². The van der Waals surface area contributed by atoms with Gasteiger partial charge in [0.2, 0.25) is 0 Å². The Bertz CT molecular complexity index is 719. The Balaban J connectivity index is 2.20. The minimum Gasteiger partial charge on any atom is -0.0652 e. The van der Waals surface area contributed by atoms with Gasteiger partial charge >= 0.3 is 0 Å². The van der Waals surface area contributed by atoms with E-state index in [1.54, 1.807) is 5.57 Å². The molecular formula is C23H28. The minimum atomic E-state index is 1.09. The standard InChI is InChI=1S/C23H28/c1-4-9-17-15-20-14-13-19(10-5-2)23(22(20)16-17)21-12-8-7-11-18(21)6-3/h7-8,11-14,16H,4-6,9-10,15H2,1-3H3. The van der Waals surface area contributed by atoms with Gasteiger partial charge in [-0.15, -0.1) is 0 Å². The Hall–Kier alpha value is -1.82. The highest BCUT2D eigenvalue weighted by Gasteiger charge is 2.20. The van der Waals surface area contributed by atoms with E-state index in [1.807, 2.05) is 0 Å². The Labute approximate surface area is 141 Å². The Morgan fingerprint density at radius 3 is 2.35 bits per heavy atom. The largest absolute Gasteiger partial charge is 0.0652 e. The summed E-state index contributed by atoms with van der Waals surface area (Å²) in [6, 6.07) is 13.7. The first-order chi connectivity index (χ1) is 11.3. The zero-order chi connectivity index (χ0) is 16.2. The normalized spacial score (nSPS) is 13.1. The van der Waals surface area contributed by atoms with Crippen LogP contribution in [0.1, 0.15) is 62.3 Å². The van der Waals surface area contributed by atoms with E-state index in [4.69, 9.17) is 0 Å². The van der Waals surface area contributed by atoms with E-state index in [0.717, 1.165) is 19.3 Å². The molecule has 1 aliphatic rings. The lowest BCUT2D eigenvalue weighted by molar-refractivity contribution is 0.885. The molecule has 0 amide bonds. The lowest BCUT2D eigenvalue weighted by atomic mass is 9.87. The van der Waals surface area contributed by atoms with Gasteiger partial charge in [-0.05, 0) is 59.1 Å². The number of hydrogen-bond donors (Lipinski definition) is 0. The molecule has 120 valence electrons. The summed E-state index contributed by atoms with van der Waals surface area (Å²) in [4.78, 5) is 0. The van der Waals surface area contributed by atoms with Gasteiger partial charge in [0.1, 0.15) is 0 Å². The number of aryl methyl sites for hydroxylation is 2. The molecule has 0 aliphatic heterocycles. The number of allylic oxidation sites excluding steroid dienone is 1. The van der Waals surface area contributed by atoms with Crippen LogP contribution in [0.3, 0.4) is 0 Å². The van der Waals surface area contributed by atoms with Crippen molar-refractivity contribution in [2.75, 3.05) is 0 Å². The first-order valence-electron chi connectivity index (χ1n) is 9.20. The monoisotopic (exact) mass is 304 g/mol. The molecule has 0 saturated heterocycles. The zero-order valence-corrected chi connectivity index (χ0v) is 14.8. The predicted octanol–water partition coefficient (Wildman–Crippen LogP) is 6.61. The van der Waals surface area contributed by atoms with Crippen molar-refractivity contribution in [2.45, 2.75) is 59.3 Å². The summed E-state index contributed by atoms with van der Waals surface area (Å²) >= 11 is 0. The maximum absolute atomic E-state index is 2.49. The fraction of sp³-hybridized carbons (Fsp3) is 0.391. The third kappa shape index (κ3) is 3.13. The van der Waals surface area contributed by atoms with Crippen molar-refractivity contribution in [1.29, 1.82) is 0 Å². The van der Waals surface area contributed by atoms with Crippen LogP contribution in [0, 0.1) is 0 Å². The summed E-state index contributed by atoms with van der Waals surface area (Å²) in [5.74, 6) is 0. The summed E-state index contributed by atoms with van der Waals surface area (Å²) in [6.07, 6.45) is 9.56. The van der Waals surface area contributed by atoms with Gasteiger partial charge in [0.15, 0.2) is 0 Å². The van der Waals surface area contributed by atoms with Gasteiger partial charge in [-0.2, -0.15) is 0 Å². The van der Waals surface area contributed by atoms with Crippen LogP contribution < -0.4 is 0 Å². The van der Waals surface area contributed by atoms with Crippen LogP contribution in [0.4, 0.5) is 0 Å². The Kier molecular flexibility index (Phi) is 5.00. The molecular weight excluding hydrogens is 276 g/mol. The van der Waals surface area contributed by atoms with Crippen LogP contribution in [0.2, 0.25) is 0 Å². The second-order valence-corrected chi connectivity index (χ2v) is 6.66. The van der Waals surface area contributed by atoms with Gasteiger partial charge in [-0.1, -0.05) is 81.7 Å². The predicted molar refractivity (Wildman–Crippen MR) is 102 cm³/mol. The lowest BCUT2D eigenvalue weighted by Gasteiger charge is -2.17. The molecule has 2 aromatic carbocycles. The molecule has 0 fully saturated rings. The molecule has 0 atom stereocenters. The molecule has 0 bridgehead atoms. The molecule has 3 rings (SSSR count). The third-order valence-electron chi connectivity index (χ3n) is 4.95. The van der Waals surface area contributed by atoms with Crippen molar-refractivity contribution < 1.29 is 0 Å². The maximum atomic E-state index is 2.49. The van der Waals surface area contributed by atoms with Crippen LogP contribution in [-0.4, -0.2) is 0 Å². The highest BCUT2D eigenvalue weighted by atomic mass is 14.2. The van der Waals surface area contributed by atoms with E-state index in [2.05, 4.69) is 63.2 Å². The van der Waals surface area contributed by atoms with E-state index in [9.17, 15) is 0 Å². The fourth-order valence-electron chi connectivity index (χ4n) is 3.88. The van der Waals surface area contributed by atoms with Gasteiger partial charge in [0.05, 0.1) is 0 Å². The molecule has 0 aromatic heterocycles. The van der Waals surface area contributed by atoms with Gasteiger partial charge < -0.3 is 0 Å². The van der Waals surface area contributed by atoms with Crippen molar-refractivity contribution >= 4 is 6.08 Å². The molecule has 2 aromatic rings. The van der Waals surface area contributed by atoms with Crippen LogP contribution in [0.15, 0.2) is 42.0 Å². The van der Waals surface area contributed by atoms with E-state index >= 15 is 0 Å². The second-order valence-electron chi connectivity index (χ2n) is 6.66. The van der Waals surface area contributed by atoms with Gasteiger partial charge in [-0.25, -0.2) is 0 Å². The number of fused-ring (bicyclic) bond motifs is 1. The number of hydrogen-bond acceptors (Lipinski definition) is 0. The van der Waals surface area contributed by atoms with Gasteiger partial charge in [-0.3, -0.25) is 0 Å². The highest BCUT2D eigenvalue weighted by Crippen LogP contribution is 2.39. The van der Waals surface area contributed by atoms with E-state index in [1.165, 1.54) is 52.6 Å². The van der Waals surface area contributed by atoms with E-state index < -0.39 is 0 Å². The number of rotatable bonds is 6. The number of benzene rings is 2. The van der Waals surface area contributed by atoms with Crippen molar-refractivity contribution in [1.82, 2.24) is 0 Å². The Morgan fingerprint density at radius 2 is 1.61 bits per heavy atom. The Morgan fingerprint density at radius 1 is 0.826 bits per heavy atom. The summed E-state index contributed by atoms with van der Waals surface area (Å²) < 4.78 is 0. The average Bonchev–Trinajstić information content (AvgIpc) is 2.98. The second kappa shape index (κ2) is 7.17. The summed E-state index contributed by atoms with van der Waals surface area (Å²) in [5, 5.41) is 0. The summed E-state index contributed by atoms with van der Waals surface area (Å²) in [7, 11) is 0. The molecule has 1 aliphatic carbocycles. The van der Waals surface area contributed by atoms with Crippen molar-refractivity contribution in [3.05, 3.63) is 64.2 Å². The zero-order valence-electron chi connectivity index (χ0n) is 14.8. The third-order valence-corrected chi connectivity index (χ3v) is 4.95. The quantitative estimate of drug-likeness (QED) is 0.563. The van der Waals surface area contributed by atoms with Gasteiger partial charge in [0.25, 0.3) is 0 Å². The van der Waals surface area contributed by atoms with E-state index in [0.29, 0.717) is 0 Å². The van der Waals surface area contributed by atoms with Crippen molar-refractivity contribution in [3.63, 3.8) is 0 Å². The average molecular weight is 304 g/mol. The van der Waals surface area contributed by atoms with Crippen molar-refractivity contribution in [2.24, 2.45) is 0 Å². The van der Waals surface area contributed by atoms with Gasteiger partial charge in [0, 0.05) is 0 Å². The van der Waals surface area contributed by atoms with Crippen LogP contribution in [-0.2, 0) is 19.3 Å². The molecule has 23 heavy (non-hydrogen) atoms. The van der Waals surface area contributed by atoms with Crippen LogP contribution in [0.25, 0.3) is 17.2 Å².